The molecule has 0 fully saturated rings. The zero-order valence-electron chi connectivity index (χ0n) is 16.3. The molecule has 0 atom stereocenters. The number of nitrogens with zero attached hydrogens (tertiary/aromatic N) is 4. The highest BCUT2D eigenvalue weighted by molar-refractivity contribution is 8.00. The molecule has 148 valence electrons. The van der Waals surface area contributed by atoms with E-state index < -0.39 is 0 Å². The second kappa shape index (κ2) is 9.31. The number of carbonyl (C=O) groups excluding carboxylic acids is 1. The highest BCUT2D eigenvalue weighted by Gasteiger charge is 2.20. The lowest BCUT2D eigenvalue weighted by atomic mass is 10.1. The molecule has 0 saturated heterocycles. The molecule has 0 unspecified atom stereocenters. The van der Waals surface area contributed by atoms with Crippen molar-refractivity contribution in [3.63, 3.8) is 0 Å². The summed E-state index contributed by atoms with van der Waals surface area (Å²) in [5.74, 6) is 1.15. The van der Waals surface area contributed by atoms with Crippen LogP contribution >= 0.6 is 11.8 Å². The van der Waals surface area contributed by atoms with Crippen LogP contribution in [0.15, 0.2) is 29.3 Å². The van der Waals surface area contributed by atoms with Crippen molar-refractivity contribution in [1.82, 2.24) is 4.98 Å². The lowest BCUT2D eigenvalue weighted by molar-refractivity contribution is -0.116. The van der Waals surface area contributed by atoms with Crippen LogP contribution < -0.4 is 14.4 Å². The first-order chi connectivity index (χ1) is 14.0. The summed E-state index contributed by atoms with van der Waals surface area (Å²) >= 11 is 1.23. The fraction of sp³-hybridized carbons (Fsp3) is 0.333. The van der Waals surface area contributed by atoms with E-state index in [1.807, 2.05) is 19.9 Å². The number of benzene rings is 1. The molecular formula is C21H20N4O3S. The van der Waals surface area contributed by atoms with Gasteiger partial charge < -0.3 is 14.4 Å². The van der Waals surface area contributed by atoms with Gasteiger partial charge in [-0.3, -0.25) is 4.79 Å². The first-order valence-corrected chi connectivity index (χ1v) is 10.1. The third kappa shape index (κ3) is 4.79. The van der Waals surface area contributed by atoms with Crippen LogP contribution in [0, 0.1) is 36.5 Å². The SMILES string of the molecule is Cc1cc(C)c(C#N)c(SCC(=O)N(CCC#N)c2ccc3c(c2)OCCO3)n1. The Morgan fingerprint density at radius 1 is 1.21 bits per heavy atom. The Balaban J connectivity index is 1.80. The molecule has 0 spiro atoms. The Labute approximate surface area is 173 Å². The van der Waals surface area contributed by atoms with E-state index in [1.54, 1.807) is 23.1 Å². The van der Waals surface area contributed by atoms with Gasteiger partial charge in [-0.15, -0.1) is 0 Å². The van der Waals surface area contributed by atoms with Crippen molar-refractivity contribution in [3.05, 3.63) is 41.1 Å². The Morgan fingerprint density at radius 3 is 2.69 bits per heavy atom. The number of aromatic nitrogens is 1. The fourth-order valence-electron chi connectivity index (χ4n) is 3.01. The standard InChI is InChI=1S/C21H20N4O3S/c1-14-10-15(2)24-21(17(14)12-23)29-13-20(26)25(7-3-6-22)16-4-5-18-19(11-16)28-9-8-27-18/h4-5,10-11H,3,7-9,13H2,1-2H3. The topological polar surface area (TPSA) is 99.2 Å². The average Bonchev–Trinajstić information content (AvgIpc) is 2.72. The van der Waals surface area contributed by atoms with Gasteiger partial charge in [0.2, 0.25) is 5.91 Å². The van der Waals surface area contributed by atoms with E-state index in [0.29, 0.717) is 41.0 Å². The number of ether oxygens (including phenoxy) is 2. The molecule has 0 bridgehead atoms. The average molecular weight is 408 g/mol. The second-order valence-corrected chi connectivity index (χ2v) is 7.41. The van der Waals surface area contributed by atoms with Gasteiger partial charge >= 0.3 is 0 Å². The minimum atomic E-state index is -0.174. The van der Waals surface area contributed by atoms with E-state index in [2.05, 4.69) is 17.1 Å². The van der Waals surface area contributed by atoms with Crippen molar-refractivity contribution in [3.8, 4) is 23.6 Å². The first kappa shape index (κ1) is 20.5. The van der Waals surface area contributed by atoms with Gasteiger partial charge in [-0.2, -0.15) is 10.5 Å². The number of amides is 1. The van der Waals surface area contributed by atoms with Gasteiger partial charge in [0.05, 0.1) is 23.8 Å². The third-order valence-electron chi connectivity index (χ3n) is 4.34. The normalized spacial score (nSPS) is 12.0. The van der Waals surface area contributed by atoms with Crippen LogP contribution in [-0.2, 0) is 4.79 Å². The van der Waals surface area contributed by atoms with Crippen LogP contribution in [0.2, 0.25) is 0 Å². The molecule has 7 nitrogen and oxygen atoms in total. The zero-order chi connectivity index (χ0) is 20.8. The number of fused-ring (bicyclic) bond motifs is 1. The number of pyridine rings is 1. The second-order valence-electron chi connectivity index (χ2n) is 6.44. The van der Waals surface area contributed by atoms with Crippen molar-refractivity contribution in [2.24, 2.45) is 0 Å². The number of hydrogen-bond donors (Lipinski definition) is 0. The zero-order valence-corrected chi connectivity index (χ0v) is 17.1. The Morgan fingerprint density at radius 2 is 1.97 bits per heavy atom. The molecule has 1 aliphatic heterocycles. The predicted octanol–water partition coefficient (Wildman–Crippen LogP) is 3.38. The van der Waals surface area contributed by atoms with Crippen LogP contribution in [-0.4, -0.2) is 36.4 Å². The highest BCUT2D eigenvalue weighted by atomic mass is 32.2. The molecule has 8 heteroatoms. The number of hydrogen-bond acceptors (Lipinski definition) is 7. The molecule has 0 radical (unpaired) electrons. The summed E-state index contributed by atoms with van der Waals surface area (Å²) in [6.45, 7) is 4.92. The van der Waals surface area contributed by atoms with Crippen molar-refractivity contribution >= 4 is 23.4 Å². The van der Waals surface area contributed by atoms with E-state index >= 15 is 0 Å². The van der Waals surface area contributed by atoms with Crippen LogP contribution in [0.5, 0.6) is 11.5 Å². The van der Waals surface area contributed by atoms with Gasteiger partial charge in [0, 0.05) is 24.0 Å². The summed E-state index contributed by atoms with van der Waals surface area (Å²) in [5.41, 5.74) is 2.76. The monoisotopic (exact) mass is 408 g/mol. The summed E-state index contributed by atoms with van der Waals surface area (Å²) in [7, 11) is 0. The van der Waals surface area contributed by atoms with Gasteiger partial charge in [-0.25, -0.2) is 4.98 Å². The molecule has 1 aromatic carbocycles. The summed E-state index contributed by atoms with van der Waals surface area (Å²) in [6, 6.07) is 11.4. The maximum Gasteiger partial charge on any atom is 0.237 e. The van der Waals surface area contributed by atoms with Crippen LogP contribution in [0.1, 0.15) is 23.2 Å². The van der Waals surface area contributed by atoms with Crippen molar-refractivity contribution in [2.45, 2.75) is 25.3 Å². The quantitative estimate of drug-likeness (QED) is 0.676. The Kier molecular flexibility index (Phi) is 6.58. The van der Waals surface area contributed by atoms with E-state index in [-0.39, 0.29) is 24.6 Å². The van der Waals surface area contributed by atoms with Gasteiger partial charge in [0.1, 0.15) is 24.3 Å². The number of carbonyl (C=O) groups is 1. The van der Waals surface area contributed by atoms with E-state index in [0.717, 1.165) is 11.3 Å². The Bertz CT molecular complexity index is 1010. The number of anilines is 1. The third-order valence-corrected chi connectivity index (χ3v) is 5.30. The summed E-state index contributed by atoms with van der Waals surface area (Å²) in [4.78, 5) is 18.9. The number of nitriles is 2. The fourth-order valence-corrected chi connectivity index (χ4v) is 3.99. The lowest BCUT2D eigenvalue weighted by Gasteiger charge is -2.25. The molecular weight excluding hydrogens is 388 g/mol. The first-order valence-electron chi connectivity index (χ1n) is 9.11. The number of rotatable bonds is 6. The van der Waals surface area contributed by atoms with E-state index in [4.69, 9.17) is 14.7 Å². The Hall–Kier alpha value is -3.23. The minimum Gasteiger partial charge on any atom is -0.486 e. The van der Waals surface area contributed by atoms with Crippen molar-refractivity contribution < 1.29 is 14.3 Å². The van der Waals surface area contributed by atoms with Crippen LogP contribution in [0.4, 0.5) is 5.69 Å². The maximum absolute atomic E-state index is 13.0. The molecule has 1 aromatic heterocycles. The molecule has 0 aliphatic carbocycles. The molecule has 1 aliphatic rings. The molecule has 3 rings (SSSR count). The van der Waals surface area contributed by atoms with Gasteiger partial charge in [0.25, 0.3) is 0 Å². The predicted molar refractivity (Wildman–Crippen MR) is 109 cm³/mol. The molecule has 0 saturated carbocycles. The maximum atomic E-state index is 13.0. The molecule has 1 amide bonds. The molecule has 29 heavy (non-hydrogen) atoms. The highest BCUT2D eigenvalue weighted by Crippen LogP contribution is 2.34. The summed E-state index contributed by atoms with van der Waals surface area (Å²) in [6.07, 6.45) is 0.204. The largest absolute Gasteiger partial charge is 0.486 e. The van der Waals surface area contributed by atoms with Crippen molar-refractivity contribution in [2.75, 3.05) is 30.4 Å². The van der Waals surface area contributed by atoms with Gasteiger partial charge in [0.15, 0.2) is 11.5 Å². The summed E-state index contributed by atoms with van der Waals surface area (Å²) in [5, 5.41) is 18.9. The molecule has 2 heterocycles. The smallest absolute Gasteiger partial charge is 0.237 e. The van der Waals surface area contributed by atoms with Crippen LogP contribution in [0.3, 0.4) is 0 Å². The number of thioether (sulfide) groups is 1. The van der Waals surface area contributed by atoms with E-state index in [1.165, 1.54) is 11.8 Å². The molecule has 2 aromatic rings. The van der Waals surface area contributed by atoms with E-state index in [9.17, 15) is 10.1 Å². The van der Waals surface area contributed by atoms with Gasteiger partial charge in [-0.1, -0.05) is 11.8 Å². The minimum absolute atomic E-state index is 0.102. The lowest BCUT2D eigenvalue weighted by Crippen LogP contribution is -2.33. The van der Waals surface area contributed by atoms with Gasteiger partial charge in [-0.05, 0) is 37.6 Å². The van der Waals surface area contributed by atoms with Crippen molar-refractivity contribution in [1.29, 1.82) is 10.5 Å². The number of aryl methyl sites for hydroxylation is 2. The van der Waals surface area contributed by atoms with Crippen LogP contribution in [0.25, 0.3) is 0 Å². The summed E-state index contributed by atoms with van der Waals surface area (Å²) < 4.78 is 11.1. The molecule has 0 N–H and O–H groups in total.